The molecular formula is C19H28N2O2S. The zero-order valence-electron chi connectivity index (χ0n) is 15.1. The van der Waals surface area contributed by atoms with Crippen molar-refractivity contribution in [2.24, 2.45) is 5.92 Å². The van der Waals surface area contributed by atoms with Crippen molar-refractivity contribution in [2.45, 2.75) is 39.5 Å². The minimum atomic E-state index is 0.0660. The monoisotopic (exact) mass is 348 g/mol. The van der Waals surface area contributed by atoms with Gasteiger partial charge in [-0.25, -0.2) is 0 Å². The van der Waals surface area contributed by atoms with Gasteiger partial charge in [-0.2, -0.15) is 0 Å². The van der Waals surface area contributed by atoms with Crippen LogP contribution in [0.15, 0.2) is 24.3 Å². The summed E-state index contributed by atoms with van der Waals surface area (Å²) < 4.78 is 0. The van der Waals surface area contributed by atoms with Crippen molar-refractivity contribution < 1.29 is 9.59 Å². The number of aryl methyl sites for hydroxylation is 1. The van der Waals surface area contributed by atoms with E-state index in [9.17, 15) is 9.59 Å². The first-order chi connectivity index (χ1) is 11.4. The van der Waals surface area contributed by atoms with E-state index in [2.05, 4.69) is 39.0 Å². The summed E-state index contributed by atoms with van der Waals surface area (Å²) in [5.41, 5.74) is 2.37. The van der Waals surface area contributed by atoms with Gasteiger partial charge >= 0.3 is 0 Å². The van der Waals surface area contributed by atoms with Gasteiger partial charge in [0.05, 0.1) is 5.75 Å². The summed E-state index contributed by atoms with van der Waals surface area (Å²) in [6, 6.07) is 8.33. The van der Waals surface area contributed by atoms with Crippen LogP contribution in [0.2, 0.25) is 0 Å². The number of amides is 2. The summed E-state index contributed by atoms with van der Waals surface area (Å²) in [5, 5.41) is 0.0660. The standard InChI is InChI=1S/C19H28N2O2S/c1-5-20(17(22)11-14(2)3)9-10-21-18(23)13-24-19(21)16-8-6-7-15(4)12-16/h6-8,12,14,19H,5,9-11,13H2,1-4H3/t19-/m0/s1. The molecule has 5 heteroatoms. The van der Waals surface area contributed by atoms with E-state index in [1.165, 1.54) is 11.1 Å². The van der Waals surface area contributed by atoms with E-state index in [4.69, 9.17) is 0 Å². The van der Waals surface area contributed by atoms with Crippen LogP contribution >= 0.6 is 11.8 Å². The number of nitrogens with zero attached hydrogens (tertiary/aromatic N) is 2. The highest BCUT2D eigenvalue weighted by Gasteiger charge is 2.33. The summed E-state index contributed by atoms with van der Waals surface area (Å²) >= 11 is 1.67. The molecule has 0 unspecified atom stereocenters. The molecule has 0 bridgehead atoms. The molecule has 1 aromatic rings. The molecule has 0 radical (unpaired) electrons. The fourth-order valence-electron chi connectivity index (χ4n) is 2.96. The minimum absolute atomic E-state index is 0.0660. The van der Waals surface area contributed by atoms with Gasteiger partial charge in [0.15, 0.2) is 0 Å². The molecular weight excluding hydrogens is 320 g/mol. The van der Waals surface area contributed by atoms with Crippen LogP contribution in [0.3, 0.4) is 0 Å². The third-order valence-electron chi connectivity index (χ3n) is 4.22. The Morgan fingerprint density at radius 3 is 2.79 bits per heavy atom. The molecule has 2 rings (SSSR count). The van der Waals surface area contributed by atoms with E-state index in [1.54, 1.807) is 11.8 Å². The predicted molar refractivity (Wildman–Crippen MR) is 99.8 cm³/mol. The van der Waals surface area contributed by atoms with Crippen molar-refractivity contribution in [1.29, 1.82) is 0 Å². The van der Waals surface area contributed by atoms with Gasteiger partial charge in [0.1, 0.15) is 5.37 Å². The lowest BCUT2D eigenvalue weighted by Crippen LogP contribution is -2.40. The largest absolute Gasteiger partial charge is 0.341 e. The summed E-state index contributed by atoms with van der Waals surface area (Å²) in [4.78, 5) is 28.4. The molecule has 0 aliphatic carbocycles. The number of carbonyl (C=O) groups is 2. The second kappa shape index (κ2) is 8.56. The number of hydrogen-bond acceptors (Lipinski definition) is 3. The summed E-state index contributed by atoms with van der Waals surface area (Å²) in [6.07, 6.45) is 0.567. The van der Waals surface area contributed by atoms with Crippen molar-refractivity contribution in [3.8, 4) is 0 Å². The molecule has 0 N–H and O–H groups in total. The fraction of sp³-hybridized carbons (Fsp3) is 0.579. The molecule has 1 fully saturated rings. The molecule has 0 saturated carbocycles. The topological polar surface area (TPSA) is 40.6 Å². The molecule has 24 heavy (non-hydrogen) atoms. The maximum absolute atomic E-state index is 12.3. The van der Waals surface area contributed by atoms with Gasteiger partial charge in [-0.05, 0) is 25.3 Å². The van der Waals surface area contributed by atoms with Crippen molar-refractivity contribution >= 4 is 23.6 Å². The molecule has 4 nitrogen and oxygen atoms in total. The van der Waals surface area contributed by atoms with Gasteiger partial charge in [-0.3, -0.25) is 9.59 Å². The average Bonchev–Trinajstić information content (AvgIpc) is 2.88. The van der Waals surface area contributed by atoms with E-state index in [-0.39, 0.29) is 17.2 Å². The first-order valence-corrected chi connectivity index (χ1v) is 9.72. The van der Waals surface area contributed by atoms with Crippen LogP contribution in [0, 0.1) is 12.8 Å². The van der Waals surface area contributed by atoms with Crippen molar-refractivity contribution in [1.82, 2.24) is 9.80 Å². The zero-order valence-corrected chi connectivity index (χ0v) is 15.9. The Morgan fingerprint density at radius 2 is 2.17 bits per heavy atom. The van der Waals surface area contributed by atoms with E-state index >= 15 is 0 Å². The van der Waals surface area contributed by atoms with Crippen molar-refractivity contribution in [3.05, 3.63) is 35.4 Å². The summed E-state index contributed by atoms with van der Waals surface area (Å²) in [6.45, 7) is 10.1. The number of carbonyl (C=O) groups excluding carboxylic acids is 2. The Bertz CT molecular complexity index is 588. The molecule has 1 heterocycles. The highest BCUT2D eigenvalue weighted by molar-refractivity contribution is 8.00. The lowest BCUT2D eigenvalue weighted by Gasteiger charge is -2.28. The number of thioether (sulfide) groups is 1. The van der Waals surface area contributed by atoms with Gasteiger partial charge in [0.25, 0.3) is 0 Å². The van der Waals surface area contributed by atoms with E-state index in [0.29, 0.717) is 37.7 Å². The lowest BCUT2D eigenvalue weighted by molar-refractivity contribution is -0.134. The number of likely N-dealkylation sites (N-methyl/N-ethyl adjacent to an activating group) is 1. The number of hydrogen-bond donors (Lipinski definition) is 0. The van der Waals surface area contributed by atoms with Crippen LogP contribution in [0.25, 0.3) is 0 Å². The summed E-state index contributed by atoms with van der Waals surface area (Å²) in [5.74, 6) is 1.22. The Kier molecular flexibility index (Phi) is 6.72. The molecule has 2 amide bonds. The molecule has 1 atom stereocenters. The SMILES string of the molecule is CCN(CCN1C(=O)CS[C@H]1c1cccc(C)c1)C(=O)CC(C)C. The first kappa shape index (κ1) is 18.8. The first-order valence-electron chi connectivity index (χ1n) is 8.67. The van der Waals surface area contributed by atoms with E-state index < -0.39 is 0 Å². The quantitative estimate of drug-likeness (QED) is 0.758. The fourth-order valence-corrected chi connectivity index (χ4v) is 4.17. The molecule has 1 aromatic carbocycles. The van der Waals surface area contributed by atoms with Crippen LogP contribution in [-0.2, 0) is 9.59 Å². The Hall–Kier alpha value is -1.49. The van der Waals surface area contributed by atoms with Gasteiger partial charge in [0, 0.05) is 26.1 Å². The smallest absolute Gasteiger partial charge is 0.233 e. The zero-order chi connectivity index (χ0) is 17.7. The van der Waals surface area contributed by atoms with Crippen LogP contribution in [0.4, 0.5) is 0 Å². The number of rotatable bonds is 7. The van der Waals surface area contributed by atoms with Crippen LogP contribution < -0.4 is 0 Å². The highest BCUT2D eigenvalue weighted by Crippen LogP contribution is 2.38. The van der Waals surface area contributed by atoms with Gasteiger partial charge in [-0.15, -0.1) is 11.8 Å². The lowest BCUT2D eigenvalue weighted by atomic mass is 10.1. The Morgan fingerprint density at radius 1 is 1.42 bits per heavy atom. The van der Waals surface area contributed by atoms with Gasteiger partial charge in [-0.1, -0.05) is 43.7 Å². The van der Waals surface area contributed by atoms with Crippen LogP contribution in [0.5, 0.6) is 0 Å². The molecule has 1 aliphatic rings. The Balaban J connectivity index is 2.03. The van der Waals surface area contributed by atoms with Crippen molar-refractivity contribution in [2.75, 3.05) is 25.4 Å². The van der Waals surface area contributed by atoms with Gasteiger partial charge < -0.3 is 9.80 Å². The molecule has 1 saturated heterocycles. The van der Waals surface area contributed by atoms with E-state index in [0.717, 1.165) is 0 Å². The number of benzene rings is 1. The second-order valence-corrected chi connectivity index (χ2v) is 7.80. The third kappa shape index (κ3) is 4.76. The third-order valence-corrected chi connectivity index (χ3v) is 5.48. The molecule has 132 valence electrons. The maximum atomic E-state index is 12.3. The maximum Gasteiger partial charge on any atom is 0.233 e. The highest BCUT2D eigenvalue weighted by atomic mass is 32.2. The van der Waals surface area contributed by atoms with Crippen molar-refractivity contribution in [3.63, 3.8) is 0 Å². The predicted octanol–water partition coefficient (Wildman–Crippen LogP) is 3.46. The van der Waals surface area contributed by atoms with Crippen LogP contribution in [-0.4, -0.2) is 47.0 Å². The summed E-state index contributed by atoms with van der Waals surface area (Å²) in [7, 11) is 0. The molecule has 1 aliphatic heterocycles. The molecule has 0 spiro atoms. The minimum Gasteiger partial charge on any atom is -0.341 e. The van der Waals surface area contributed by atoms with E-state index in [1.807, 2.05) is 22.8 Å². The second-order valence-electron chi connectivity index (χ2n) is 6.74. The van der Waals surface area contributed by atoms with Gasteiger partial charge in [0.2, 0.25) is 11.8 Å². The Labute approximate surface area is 149 Å². The average molecular weight is 349 g/mol. The van der Waals surface area contributed by atoms with Crippen LogP contribution in [0.1, 0.15) is 43.7 Å². The molecule has 0 aromatic heterocycles. The normalized spacial score (nSPS) is 17.6.